The molecule has 2 aromatic rings. The van der Waals surface area contributed by atoms with Crippen LogP contribution in [0.2, 0.25) is 0 Å². The van der Waals surface area contributed by atoms with E-state index < -0.39 is 15.3 Å². The molecule has 0 spiro atoms. The number of nitrogens with zero attached hydrogens (tertiary/aromatic N) is 2. The summed E-state index contributed by atoms with van der Waals surface area (Å²) in [6, 6.07) is 7.67. The number of likely N-dealkylation sites (tertiary alicyclic amines) is 1. The van der Waals surface area contributed by atoms with Gasteiger partial charge in [0.1, 0.15) is 5.25 Å². The number of carbonyl (C=O) groups is 1. The van der Waals surface area contributed by atoms with Crippen molar-refractivity contribution in [2.75, 3.05) is 6.54 Å². The van der Waals surface area contributed by atoms with E-state index in [1.165, 1.54) is 0 Å². The minimum absolute atomic E-state index is 0.0366. The van der Waals surface area contributed by atoms with Gasteiger partial charge in [0.25, 0.3) is 0 Å². The number of hydrogen-bond donors (Lipinski definition) is 1. The third-order valence-corrected chi connectivity index (χ3v) is 5.02. The first kappa shape index (κ1) is 14.0. The van der Waals surface area contributed by atoms with E-state index in [0.717, 1.165) is 16.3 Å². The number of aromatic nitrogens is 1. The lowest BCUT2D eigenvalue weighted by molar-refractivity contribution is -0.128. The summed E-state index contributed by atoms with van der Waals surface area (Å²) < 4.78 is 22.8. The lowest BCUT2D eigenvalue weighted by Gasteiger charge is -2.17. The Morgan fingerprint density at radius 1 is 1.33 bits per heavy atom. The summed E-state index contributed by atoms with van der Waals surface area (Å²) >= 11 is 0. The van der Waals surface area contributed by atoms with Crippen molar-refractivity contribution in [1.82, 2.24) is 9.88 Å². The number of nitrogens with two attached hydrogens (primary N) is 1. The fraction of sp³-hybridized carbons (Fsp3) is 0.286. The van der Waals surface area contributed by atoms with Gasteiger partial charge in [0.05, 0.1) is 0 Å². The van der Waals surface area contributed by atoms with Gasteiger partial charge in [-0.05, 0) is 17.0 Å². The van der Waals surface area contributed by atoms with Gasteiger partial charge in [-0.25, -0.2) is 13.6 Å². The van der Waals surface area contributed by atoms with Crippen LogP contribution in [-0.4, -0.2) is 36.0 Å². The molecule has 1 aromatic carbocycles. The van der Waals surface area contributed by atoms with E-state index in [0.29, 0.717) is 6.54 Å². The molecule has 1 atom stereocenters. The smallest absolute Gasteiger partial charge is 0.224 e. The lowest BCUT2D eigenvalue weighted by Crippen LogP contribution is -2.31. The van der Waals surface area contributed by atoms with Crippen LogP contribution in [0, 0.1) is 0 Å². The number of carbonyl (C=O) groups excluding carboxylic acids is 1. The van der Waals surface area contributed by atoms with Gasteiger partial charge in [-0.3, -0.25) is 9.78 Å². The Morgan fingerprint density at radius 2 is 2.14 bits per heavy atom. The number of sulfonamides is 1. The summed E-state index contributed by atoms with van der Waals surface area (Å²) in [4.78, 5) is 17.6. The summed E-state index contributed by atoms with van der Waals surface area (Å²) in [5, 5.41) is 6.33. The molecule has 6 nitrogen and oxygen atoms in total. The van der Waals surface area contributed by atoms with Crippen molar-refractivity contribution in [2.45, 2.75) is 18.2 Å². The summed E-state index contributed by atoms with van der Waals surface area (Å²) in [5.74, 6) is -0.180. The number of hydrogen-bond acceptors (Lipinski definition) is 4. The van der Waals surface area contributed by atoms with Crippen LogP contribution in [0.5, 0.6) is 0 Å². The van der Waals surface area contributed by atoms with Gasteiger partial charge in [0, 0.05) is 37.3 Å². The van der Waals surface area contributed by atoms with Crippen LogP contribution in [0.3, 0.4) is 0 Å². The first-order chi connectivity index (χ1) is 9.95. The molecule has 1 saturated heterocycles. The Morgan fingerprint density at radius 3 is 2.86 bits per heavy atom. The topological polar surface area (TPSA) is 93.4 Å². The van der Waals surface area contributed by atoms with Crippen molar-refractivity contribution in [1.29, 1.82) is 0 Å². The molecule has 0 saturated carbocycles. The molecule has 7 heteroatoms. The van der Waals surface area contributed by atoms with E-state index in [4.69, 9.17) is 5.14 Å². The molecule has 110 valence electrons. The Kier molecular flexibility index (Phi) is 3.38. The first-order valence-corrected chi connectivity index (χ1v) is 8.17. The van der Waals surface area contributed by atoms with Crippen molar-refractivity contribution in [3.05, 3.63) is 42.2 Å². The fourth-order valence-electron chi connectivity index (χ4n) is 2.64. The normalized spacial score (nSPS) is 19.4. The maximum atomic E-state index is 12.0. The van der Waals surface area contributed by atoms with Gasteiger partial charge in [0.2, 0.25) is 15.9 Å². The minimum atomic E-state index is -3.68. The molecule has 21 heavy (non-hydrogen) atoms. The number of primary sulfonamides is 1. The zero-order chi connectivity index (χ0) is 15.0. The fourth-order valence-corrected chi connectivity index (χ4v) is 3.40. The highest BCUT2D eigenvalue weighted by Gasteiger charge is 2.36. The second kappa shape index (κ2) is 5.09. The second-order valence-corrected chi connectivity index (χ2v) is 7.05. The first-order valence-electron chi connectivity index (χ1n) is 6.56. The van der Waals surface area contributed by atoms with Crippen LogP contribution in [0.15, 0.2) is 36.7 Å². The lowest BCUT2D eigenvalue weighted by atomic mass is 10.1. The maximum absolute atomic E-state index is 12.0. The Hall–Kier alpha value is -1.99. The molecule has 1 aliphatic rings. The van der Waals surface area contributed by atoms with Crippen molar-refractivity contribution in [3.8, 4) is 0 Å². The number of fused-ring (bicyclic) bond motifs is 1. The van der Waals surface area contributed by atoms with Crippen molar-refractivity contribution >= 4 is 26.7 Å². The molecule has 0 aliphatic carbocycles. The zero-order valence-corrected chi connectivity index (χ0v) is 12.1. The van der Waals surface area contributed by atoms with Crippen LogP contribution in [0.4, 0.5) is 0 Å². The molecule has 0 bridgehead atoms. The Balaban J connectivity index is 1.88. The molecule has 2 N–H and O–H groups in total. The molecular formula is C14H15N3O3S. The molecular weight excluding hydrogens is 290 g/mol. The molecule has 2 heterocycles. The zero-order valence-electron chi connectivity index (χ0n) is 11.3. The molecule has 1 aliphatic heterocycles. The Labute approximate surface area is 122 Å². The number of benzene rings is 1. The molecule has 1 fully saturated rings. The van der Waals surface area contributed by atoms with E-state index >= 15 is 0 Å². The Bertz CT molecular complexity index is 799. The van der Waals surface area contributed by atoms with Gasteiger partial charge in [-0.1, -0.05) is 18.2 Å². The summed E-state index contributed by atoms with van der Waals surface area (Å²) in [5.41, 5.74) is 0.971. The van der Waals surface area contributed by atoms with Gasteiger partial charge < -0.3 is 4.90 Å². The van der Waals surface area contributed by atoms with E-state index in [1.807, 2.05) is 24.3 Å². The number of amides is 1. The maximum Gasteiger partial charge on any atom is 0.224 e. The SMILES string of the molecule is NS(=O)(=O)C1CC(=O)N(Cc2cccc3cnccc23)C1. The van der Waals surface area contributed by atoms with Crippen molar-refractivity contribution in [2.24, 2.45) is 5.14 Å². The van der Waals surface area contributed by atoms with Crippen LogP contribution in [-0.2, 0) is 21.4 Å². The quantitative estimate of drug-likeness (QED) is 0.899. The van der Waals surface area contributed by atoms with Gasteiger partial charge >= 0.3 is 0 Å². The van der Waals surface area contributed by atoms with E-state index in [2.05, 4.69) is 4.98 Å². The summed E-state index contributed by atoms with van der Waals surface area (Å²) in [6.45, 7) is 0.533. The highest BCUT2D eigenvalue weighted by atomic mass is 32.2. The monoisotopic (exact) mass is 305 g/mol. The molecule has 1 unspecified atom stereocenters. The molecule has 1 aromatic heterocycles. The number of rotatable bonds is 3. The molecule has 0 radical (unpaired) electrons. The van der Waals surface area contributed by atoms with Crippen LogP contribution in [0.1, 0.15) is 12.0 Å². The van der Waals surface area contributed by atoms with Crippen LogP contribution < -0.4 is 5.14 Å². The predicted octanol–water partition coefficient (Wildman–Crippen LogP) is 0.624. The van der Waals surface area contributed by atoms with E-state index in [1.54, 1.807) is 17.3 Å². The summed E-state index contributed by atoms with van der Waals surface area (Å²) in [6.07, 6.45) is 3.42. The molecule has 1 amide bonds. The van der Waals surface area contributed by atoms with Crippen molar-refractivity contribution in [3.63, 3.8) is 0 Å². The van der Waals surface area contributed by atoms with Crippen LogP contribution >= 0.6 is 0 Å². The highest BCUT2D eigenvalue weighted by molar-refractivity contribution is 7.89. The third kappa shape index (κ3) is 2.74. The van der Waals surface area contributed by atoms with E-state index in [-0.39, 0.29) is 18.9 Å². The van der Waals surface area contributed by atoms with Gasteiger partial charge in [0.15, 0.2) is 0 Å². The van der Waals surface area contributed by atoms with E-state index in [9.17, 15) is 13.2 Å². The van der Waals surface area contributed by atoms with Gasteiger partial charge in [-0.2, -0.15) is 0 Å². The average Bonchev–Trinajstić information content (AvgIpc) is 2.81. The van der Waals surface area contributed by atoms with Crippen LogP contribution in [0.25, 0.3) is 10.8 Å². The summed E-state index contributed by atoms with van der Waals surface area (Å²) in [7, 11) is -3.68. The second-order valence-electron chi connectivity index (χ2n) is 5.20. The molecule has 3 rings (SSSR count). The highest BCUT2D eigenvalue weighted by Crippen LogP contribution is 2.23. The van der Waals surface area contributed by atoms with Crippen molar-refractivity contribution < 1.29 is 13.2 Å². The predicted molar refractivity (Wildman–Crippen MR) is 78.7 cm³/mol. The standard InChI is InChI=1S/C14H15N3O3S/c15-21(19,20)12-6-14(18)17(9-12)8-11-3-1-2-10-7-16-5-4-13(10)11/h1-5,7,12H,6,8-9H2,(H2,15,19,20). The largest absolute Gasteiger partial charge is 0.337 e. The minimum Gasteiger partial charge on any atom is -0.337 e. The average molecular weight is 305 g/mol. The number of pyridine rings is 1. The third-order valence-electron chi connectivity index (χ3n) is 3.78. The van der Waals surface area contributed by atoms with Gasteiger partial charge in [-0.15, -0.1) is 0 Å².